The van der Waals surface area contributed by atoms with Crippen molar-refractivity contribution in [1.82, 2.24) is 19.9 Å². The molecule has 2 aromatic heterocycles. The van der Waals surface area contributed by atoms with Crippen LogP contribution in [-0.4, -0.2) is 44.9 Å². The first kappa shape index (κ1) is 12.5. The van der Waals surface area contributed by atoms with Crippen molar-refractivity contribution in [3.05, 3.63) is 18.2 Å². The standard InChI is InChI=1S/C12H16N6O2/c13-11-15-9-4-1-5-10(18(9)16-11)17-6-2-3-8(7-17)14-12(19)20/h1,4-5,8,14H,2-3,6-7H2,(H2,13,16)(H,19,20). The predicted octanol–water partition coefficient (Wildman–Crippen LogP) is 0.548. The molecule has 8 heteroatoms. The maximum absolute atomic E-state index is 10.8. The third-order valence-electron chi connectivity index (χ3n) is 3.43. The monoisotopic (exact) mass is 276 g/mol. The van der Waals surface area contributed by atoms with Gasteiger partial charge in [0.25, 0.3) is 0 Å². The van der Waals surface area contributed by atoms with Gasteiger partial charge in [-0.1, -0.05) is 6.07 Å². The summed E-state index contributed by atoms with van der Waals surface area (Å²) in [5.74, 6) is 1.11. The van der Waals surface area contributed by atoms with Gasteiger partial charge in [-0.3, -0.25) is 0 Å². The SMILES string of the molecule is Nc1nc2cccc(N3CCCC(NC(=O)O)C3)n2n1. The van der Waals surface area contributed by atoms with Crippen LogP contribution < -0.4 is 16.0 Å². The summed E-state index contributed by atoms with van der Waals surface area (Å²) in [5, 5.41) is 15.5. The Morgan fingerprint density at radius 3 is 3.15 bits per heavy atom. The van der Waals surface area contributed by atoms with Crippen LogP contribution in [0, 0.1) is 0 Å². The topological polar surface area (TPSA) is 109 Å². The molecule has 8 nitrogen and oxygen atoms in total. The van der Waals surface area contributed by atoms with E-state index in [0.29, 0.717) is 12.2 Å². The smallest absolute Gasteiger partial charge is 0.404 e. The normalized spacial score (nSPS) is 19.2. The number of amides is 1. The summed E-state index contributed by atoms with van der Waals surface area (Å²) in [4.78, 5) is 17.0. The number of nitrogens with two attached hydrogens (primary N) is 1. The number of carboxylic acid groups (broad SMARTS) is 1. The molecule has 20 heavy (non-hydrogen) atoms. The van der Waals surface area contributed by atoms with Crippen molar-refractivity contribution in [1.29, 1.82) is 0 Å². The molecule has 0 bridgehead atoms. The lowest BCUT2D eigenvalue weighted by Crippen LogP contribution is -2.47. The molecule has 1 aliphatic rings. The highest BCUT2D eigenvalue weighted by Crippen LogP contribution is 2.21. The molecule has 1 unspecified atom stereocenters. The van der Waals surface area contributed by atoms with E-state index in [9.17, 15) is 4.79 Å². The second-order valence-corrected chi connectivity index (χ2v) is 4.86. The Kier molecular flexibility index (Phi) is 3.05. The van der Waals surface area contributed by atoms with Crippen molar-refractivity contribution in [2.24, 2.45) is 0 Å². The number of rotatable bonds is 2. The first-order valence-electron chi connectivity index (χ1n) is 6.49. The van der Waals surface area contributed by atoms with Gasteiger partial charge in [0.2, 0.25) is 5.95 Å². The lowest BCUT2D eigenvalue weighted by molar-refractivity contribution is 0.188. The Labute approximate surface area is 115 Å². The minimum absolute atomic E-state index is 0.0719. The van der Waals surface area contributed by atoms with Gasteiger partial charge < -0.3 is 21.1 Å². The number of nitrogens with one attached hydrogen (secondary N) is 1. The van der Waals surface area contributed by atoms with E-state index < -0.39 is 6.09 Å². The van der Waals surface area contributed by atoms with Gasteiger partial charge >= 0.3 is 6.09 Å². The fourth-order valence-electron chi connectivity index (χ4n) is 2.63. The average Bonchev–Trinajstić information content (AvgIpc) is 2.78. The fraction of sp³-hybridized carbons (Fsp3) is 0.417. The molecule has 3 rings (SSSR count). The molecule has 0 spiro atoms. The lowest BCUT2D eigenvalue weighted by atomic mass is 10.1. The number of anilines is 2. The van der Waals surface area contributed by atoms with Crippen LogP contribution >= 0.6 is 0 Å². The number of nitrogen functional groups attached to an aromatic ring is 1. The van der Waals surface area contributed by atoms with Gasteiger partial charge in [0.1, 0.15) is 5.82 Å². The highest BCUT2D eigenvalue weighted by atomic mass is 16.4. The largest absolute Gasteiger partial charge is 0.465 e. The van der Waals surface area contributed by atoms with Crippen LogP contribution in [0.1, 0.15) is 12.8 Å². The van der Waals surface area contributed by atoms with Crippen LogP contribution in [0.25, 0.3) is 5.65 Å². The molecule has 2 aromatic rings. The first-order chi connectivity index (χ1) is 9.63. The molecule has 1 saturated heterocycles. The highest BCUT2D eigenvalue weighted by Gasteiger charge is 2.23. The molecular formula is C12H16N6O2. The summed E-state index contributed by atoms with van der Waals surface area (Å²) in [5.41, 5.74) is 6.32. The molecule has 4 N–H and O–H groups in total. The second kappa shape index (κ2) is 4.87. The number of pyridine rings is 1. The zero-order valence-corrected chi connectivity index (χ0v) is 10.9. The molecular weight excluding hydrogens is 260 g/mol. The number of fused-ring (bicyclic) bond motifs is 1. The van der Waals surface area contributed by atoms with Gasteiger partial charge in [0.05, 0.1) is 0 Å². The molecule has 106 valence electrons. The maximum atomic E-state index is 10.8. The van der Waals surface area contributed by atoms with Crippen LogP contribution in [0.2, 0.25) is 0 Å². The maximum Gasteiger partial charge on any atom is 0.404 e. The average molecular weight is 276 g/mol. The summed E-state index contributed by atoms with van der Waals surface area (Å²) < 4.78 is 1.69. The van der Waals surface area contributed by atoms with E-state index >= 15 is 0 Å². The van der Waals surface area contributed by atoms with E-state index in [-0.39, 0.29) is 12.0 Å². The zero-order valence-electron chi connectivity index (χ0n) is 10.9. The van der Waals surface area contributed by atoms with Crippen molar-refractivity contribution in [3.8, 4) is 0 Å². The van der Waals surface area contributed by atoms with Crippen LogP contribution in [0.15, 0.2) is 18.2 Å². The third kappa shape index (κ3) is 2.31. The van der Waals surface area contributed by atoms with E-state index in [1.807, 2.05) is 18.2 Å². The van der Waals surface area contributed by atoms with Crippen LogP contribution in [0.5, 0.6) is 0 Å². The Morgan fingerprint density at radius 1 is 1.50 bits per heavy atom. The number of hydrogen-bond donors (Lipinski definition) is 3. The highest BCUT2D eigenvalue weighted by molar-refractivity contribution is 5.65. The molecule has 0 aliphatic carbocycles. The first-order valence-corrected chi connectivity index (χ1v) is 6.49. The Morgan fingerprint density at radius 2 is 2.35 bits per heavy atom. The molecule has 3 heterocycles. The van der Waals surface area contributed by atoms with Gasteiger partial charge in [0.15, 0.2) is 5.65 Å². The summed E-state index contributed by atoms with van der Waals surface area (Å²) in [6, 6.07) is 5.60. The number of aromatic nitrogens is 3. The minimum Gasteiger partial charge on any atom is -0.465 e. The number of nitrogens with zero attached hydrogens (tertiary/aromatic N) is 4. The van der Waals surface area contributed by atoms with Crippen LogP contribution in [-0.2, 0) is 0 Å². The van der Waals surface area contributed by atoms with Crippen molar-refractivity contribution in [3.63, 3.8) is 0 Å². The van der Waals surface area contributed by atoms with Gasteiger partial charge in [-0.25, -0.2) is 4.79 Å². The predicted molar refractivity (Wildman–Crippen MR) is 73.8 cm³/mol. The van der Waals surface area contributed by atoms with Crippen LogP contribution in [0.3, 0.4) is 0 Å². The number of hydrogen-bond acceptors (Lipinski definition) is 5. The van der Waals surface area contributed by atoms with Gasteiger partial charge in [-0.05, 0) is 25.0 Å². The van der Waals surface area contributed by atoms with Crippen molar-refractivity contribution in [2.45, 2.75) is 18.9 Å². The van der Waals surface area contributed by atoms with Crippen molar-refractivity contribution < 1.29 is 9.90 Å². The number of carbonyl (C=O) groups is 1. The van der Waals surface area contributed by atoms with E-state index in [0.717, 1.165) is 25.2 Å². The number of piperidine rings is 1. The fourth-order valence-corrected chi connectivity index (χ4v) is 2.63. The molecule has 0 radical (unpaired) electrons. The van der Waals surface area contributed by atoms with Crippen LogP contribution in [0.4, 0.5) is 16.6 Å². The Balaban J connectivity index is 1.88. The quantitative estimate of drug-likeness (QED) is 0.739. The van der Waals surface area contributed by atoms with Gasteiger partial charge in [-0.15, -0.1) is 5.10 Å². The van der Waals surface area contributed by atoms with Crippen molar-refractivity contribution in [2.75, 3.05) is 23.7 Å². The van der Waals surface area contributed by atoms with Gasteiger partial charge in [0, 0.05) is 19.1 Å². The van der Waals surface area contributed by atoms with E-state index in [1.54, 1.807) is 4.52 Å². The molecule has 0 saturated carbocycles. The summed E-state index contributed by atoms with van der Waals surface area (Å²) in [7, 11) is 0. The van der Waals surface area contributed by atoms with E-state index in [1.165, 1.54) is 0 Å². The third-order valence-corrected chi connectivity index (χ3v) is 3.43. The zero-order chi connectivity index (χ0) is 14.1. The Bertz CT molecular complexity index is 640. The molecule has 1 fully saturated rings. The molecule has 1 atom stereocenters. The Hall–Kier alpha value is -2.51. The van der Waals surface area contributed by atoms with Crippen molar-refractivity contribution >= 4 is 23.5 Å². The second-order valence-electron chi connectivity index (χ2n) is 4.86. The summed E-state index contributed by atoms with van der Waals surface area (Å²) in [6.45, 7) is 1.47. The molecule has 1 aliphatic heterocycles. The summed E-state index contributed by atoms with van der Waals surface area (Å²) >= 11 is 0. The molecule has 0 aromatic carbocycles. The summed E-state index contributed by atoms with van der Waals surface area (Å²) in [6.07, 6.45) is 0.782. The lowest BCUT2D eigenvalue weighted by Gasteiger charge is -2.33. The minimum atomic E-state index is -0.986. The van der Waals surface area contributed by atoms with E-state index in [4.69, 9.17) is 10.8 Å². The van der Waals surface area contributed by atoms with E-state index in [2.05, 4.69) is 20.3 Å². The van der Waals surface area contributed by atoms with Gasteiger partial charge in [-0.2, -0.15) is 9.50 Å². The molecule has 1 amide bonds.